The van der Waals surface area contributed by atoms with Crippen LogP contribution in [0.15, 0.2) is 35.3 Å². The van der Waals surface area contributed by atoms with E-state index in [1.807, 2.05) is 30.3 Å². The van der Waals surface area contributed by atoms with Gasteiger partial charge in [-0.15, -0.1) is 0 Å². The van der Waals surface area contributed by atoms with Crippen LogP contribution in [0.3, 0.4) is 0 Å². The summed E-state index contributed by atoms with van der Waals surface area (Å²) in [5, 5.41) is 6.39. The zero-order valence-electron chi connectivity index (χ0n) is 13.7. The van der Waals surface area contributed by atoms with Gasteiger partial charge in [-0.1, -0.05) is 61.4 Å². The molecule has 0 unspecified atom stereocenters. The minimum atomic E-state index is -0.163. The van der Waals surface area contributed by atoms with Gasteiger partial charge >= 0.3 is 0 Å². The molecule has 1 atom stereocenters. The molecule has 0 saturated heterocycles. The van der Waals surface area contributed by atoms with E-state index in [1.165, 1.54) is 31.0 Å². The number of carbonyl (C=O) groups excluding carboxylic acids is 2. The van der Waals surface area contributed by atoms with Gasteiger partial charge < -0.3 is 10.6 Å². The largest absolute Gasteiger partial charge is 0.353 e. The minimum Gasteiger partial charge on any atom is -0.353 e. The van der Waals surface area contributed by atoms with Crippen LogP contribution in [0.2, 0.25) is 0 Å². The Kier molecular flexibility index (Phi) is 5.91. The molecule has 0 spiro atoms. The predicted octanol–water partition coefficient (Wildman–Crippen LogP) is 2.79. The SMILES string of the molecule is O=C1C[C@H](c2ccccc2)N=C(SCC(=O)NC2CCCCC2)N1. The maximum atomic E-state index is 12.1. The zero-order valence-corrected chi connectivity index (χ0v) is 14.5. The molecule has 6 heteroatoms. The molecule has 1 aromatic carbocycles. The monoisotopic (exact) mass is 345 g/mol. The molecule has 1 aliphatic heterocycles. The lowest BCUT2D eigenvalue weighted by Gasteiger charge is -2.23. The number of nitrogens with zero attached hydrogens (tertiary/aromatic N) is 1. The first-order valence-corrected chi connectivity index (χ1v) is 9.54. The number of amidine groups is 1. The first kappa shape index (κ1) is 17.0. The lowest BCUT2D eigenvalue weighted by atomic mass is 9.95. The number of rotatable bonds is 4. The molecule has 128 valence electrons. The van der Waals surface area contributed by atoms with E-state index in [0.29, 0.717) is 17.6 Å². The number of hydrogen-bond donors (Lipinski definition) is 2. The third kappa shape index (κ3) is 4.84. The fourth-order valence-electron chi connectivity index (χ4n) is 3.16. The Morgan fingerprint density at radius 2 is 1.96 bits per heavy atom. The van der Waals surface area contributed by atoms with Crippen LogP contribution in [0, 0.1) is 0 Å². The fourth-order valence-corrected chi connectivity index (χ4v) is 3.90. The zero-order chi connectivity index (χ0) is 16.8. The van der Waals surface area contributed by atoms with Gasteiger partial charge in [0.1, 0.15) is 0 Å². The van der Waals surface area contributed by atoms with Crippen LogP contribution < -0.4 is 10.6 Å². The molecule has 3 rings (SSSR count). The second kappa shape index (κ2) is 8.33. The second-order valence-electron chi connectivity index (χ2n) is 6.30. The molecular weight excluding hydrogens is 322 g/mol. The molecule has 1 aliphatic carbocycles. The summed E-state index contributed by atoms with van der Waals surface area (Å²) in [6, 6.07) is 9.94. The van der Waals surface area contributed by atoms with Crippen LogP contribution in [-0.4, -0.2) is 28.8 Å². The van der Waals surface area contributed by atoms with Crippen LogP contribution in [0.1, 0.15) is 50.1 Å². The lowest BCUT2D eigenvalue weighted by Crippen LogP contribution is -2.39. The first-order chi connectivity index (χ1) is 11.7. The van der Waals surface area contributed by atoms with E-state index in [9.17, 15) is 9.59 Å². The van der Waals surface area contributed by atoms with Gasteiger partial charge in [0.05, 0.1) is 18.2 Å². The van der Waals surface area contributed by atoms with Crippen molar-refractivity contribution in [3.05, 3.63) is 35.9 Å². The molecule has 5 nitrogen and oxygen atoms in total. The molecular formula is C18H23N3O2S. The molecule has 1 aromatic rings. The summed E-state index contributed by atoms with van der Waals surface area (Å²) in [5.74, 6) is 0.261. The molecule has 2 aliphatic rings. The van der Waals surface area contributed by atoms with E-state index in [1.54, 1.807) is 0 Å². The van der Waals surface area contributed by atoms with E-state index in [4.69, 9.17) is 0 Å². The number of carbonyl (C=O) groups is 2. The summed E-state index contributed by atoms with van der Waals surface area (Å²) in [7, 11) is 0. The molecule has 2 amide bonds. The van der Waals surface area contributed by atoms with Crippen LogP contribution in [-0.2, 0) is 9.59 Å². The summed E-state index contributed by atoms with van der Waals surface area (Å²) in [6.45, 7) is 0. The first-order valence-electron chi connectivity index (χ1n) is 8.55. The number of benzene rings is 1. The predicted molar refractivity (Wildman–Crippen MR) is 96.9 cm³/mol. The maximum absolute atomic E-state index is 12.1. The van der Waals surface area contributed by atoms with Gasteiger partial charge in [0, 0.05) is 6.04 Å². The maximum Gasteiger partial charge on any atom is 0.230 e. The van der Waals surface area contributed by atoms with E-state index >= 15 is 0 Å². The summed E-state index contributed by atoms with van der Waals surface area (Å²) in [5.41, 5.74) is 1.03. The Morgan fingerprint density at radius 3 is 2.71 bits per heavy atom. The van der Waals surface area contributed by atoms with Crippen LogP contribution in [0.25, 0.3) is 0 Å². The van der Waals surface area contributed by atoms with Crippen LogP contribution in [0.4, 0.5) is 0 Å². The van der Waals surface area contributed by atoms with Crippen molar-refractivity contribution in [2.45, 2.75) is 50.6 Å². The molecule has 0 bridgehead atoms. The van der Waals surface area contributed by atoms with E-state index in [2.05, 4.69) is 15.6 Å². The minimum absolute atomic E-state index is 0.0192. The molecule has 1 heterocycles. The Balaban J connectivity index is 1.54. The number of hydrogen-bond acceptors (Lipinski definition) is 4. The van der Waals surface area contributed by atoms with Crippen molar-refractivity contribution in [1.82, 2.24) is 10.6 Å². The average Bonchev–Trinajstić information content (AvgIpc) is 2.61. The van der Waals surface area contributed by atoms with E-state index < -0.39 is 0 Å². The average molecular weight is 345 g/mol. The molecule has 1 saturated carbocycles. The second-order valence-corrected chi connectivity index (χ2v) is 7.27. The van der Waals surface area contributed by atoms with Gasteiger partial charge in [0.25, 0.3) is 0 Å². The van der Waals surface area contributed by atoms with Gasteiger partial charge in [-0.2, -0.15) is 0 Å². The number of thioether (sulfide) groups is 1. The number of aliphatic imine (C=N–C) groups is 1. The Labute approximate surface area is 146 Å². The van der Waals surface area contributed by atoms with Crippen LogP contribution >= 0.6 is 11.8 Å². The molecule has 0 radical (unpaired) electrons. The third-order valence-electron chi connectivity index (χ3n) is 4.39. The highest BCUT2D eigenvalue weighted by Crippen LogP contribution is 2.25. The third-order valence-corrected chi connectivity index (χ3v) is 5.28. The lowest BCUT2D eigenvalue weighted by molar-refractivity contribution is -0.121. The molecule has 2 N–H and O–H groups in total. The highest BCUT2D eigenvalue weighted by atomic mass is 32.2. The van der Waals surface area contributed by atoms with Gasteiger partial charge in [-0.25, -0.2) is 0 Å². The molecule has 0 aromatic heterocycles. The van der Waals surface area contributed by atoms with Gasteiger partial charge in [0.2, 0.25) is 11.8 Å². The quantitative estimate of drug-likeness (QED) is 0.881. The molecule has 24 heavy (non-hydrogen) atoms. The topological polar surface area (TPSA) is 70.6 Å². The van der Waals surface area contributed by atoms with Gasteiger partial charge in [-0.3, -0.25) is 14.6 Å². The summed E-state index contributed by atoms with van der Waals surface area (Å²) >= 11 is 1.30. The summed E-state index contributed by atoms with van der Waals surface area (Å²) in [6.07, 6.45) is 6.15. The summed E-state index contributed by atoms with van der Waals surface area (Å²) < 4.78 is 0. The van der Waals surface area contributed by atoms with Crippen molar-refractivity contribution < 1.29 is 9.59 Å². The van der Waals surface area contributed by atoms with Crippen molar-refractivity contribution in [2.75, 3.05) is 5.75 Å². The highest BCUT2D eigenvalue weighted by molar-refractivity contribution is 8.14. The van der Waals surface area contributed by atoms with Crippen molar-refractivity contribution >= 4 is 28.7 Å². The normalized spacial score (nSPS) is 21.8. The molecule has 1 fully saturated rings. The number of amides is 2. The standard InChI is InChI=1S/C18H23N3O2S/c22-16-11-15(13-7-3-1-4-8-13)20-18(21-16)24-12-17(23)19-14-9-5-2-6-10-14/h1,3-4,7-8,14-15H,2,5-6,9-12H2,(H,19,23)(H,20,21,22)/t15-/m1/s1. The van der Waals surface area contributed by atoms with Crippen molar-refractivity contribution in [3.63, 3.8) is 0 Å². The highest BCUT2D eigenvalue weighted by Gasteiger charge is 2.23. The summed E-state index contributed by atoms with van der Waals surface area (Å²) in [4.78, 5) is 28.6. The van der Waals surface area contributed by atoms with E-state index in [0.717, 1.165) is 18.4 Å². The Morgan fingerprint density at radius 1 is 1.21 bits per heavy atom. The van der Waals surface area contributed by atoms with Crippen molar-refractivity contribution in [1.29, 1.82) is 0 Å². The van der Waals surface area contributed by atoms with Crippen LogP contribution in [0.5, 0.6) is 0 Å². The fraction of sp³-hybridized carbons (Fsp3) is 0.500. The number of nitrogens with one attached hydrogen (secondary N) is 2. The van der Waals surface area contributed by atoms with E-state index in [-0.39, 0.29) is 23.6 Å². The van der Waals surface area contributed by atoms with Gasteiger partial charge in [-0.05, 0) is 18.4 Å². The van der Waals surface area contributed by atoms with Crippen molar-refractivity contribution in [2.24, 2.45) is 4.99 Å². The van der Waals surface area contributed by atoms with Crippen molar-refractivity contribution in [3.8, 4) is 0 Å². The van der Waals surface area contributed by atoms with Gasteiger partial charge in [0.15, 0.2) is 5.17 Å². The smallest absolute Gasteiger partial charge is 0.230 e. The Bertz CT molecular complexity index is 612. The Hall–Kier alpha value is -1.82.